The Morgan fingerprint density at radius 2 is 1.96 bits per heavy atom. The molecule has 27 heavy (non-hydrogen) atoms. The van der Waals surface area contributed by atoms with Crippen LogP contribution in [-0.2, 0) is 0 Å². The Balaban J connectivity index is 1.29. The van der Waals surface area contributed by atoms with Crippen LogP contribution in [0.15, 0.2) is 54.6 Å². The zero-order chi connectivity index (χ0) is 18.6. The lowest BCUT2D eigenvalue weighted by Crippen LogP contribution is -2.34. The predicted octanol–water partition coefficient (Wildman–Crippen LogP) is 3.35. The van der Waals surface area contributed by atoms with Gasteiger partial charge in [-0.2, -0.15) is 5.10 Å². The molecule has 1 amide bonds. The van der Waals surface area contributed by atoms with Gasteiger partial charge in [-0.3, -0.25) is 9.89 Å². The van der Waals surface area contributed by atoms with Crippen LogP contribution in [0.25, 0.3) is 11.3 Å². The summed E-state index contributed by atoms with van der Waals surface area (Å²) in [7, 11) is 0. The first kappa shape index (κ1) is 17.1. The summed E-state index contributed by atoms with van der Waals surface area (Å²) in [6.07, 6.45) is 0.587. The molecule has 1 unspecified atom stereocenters. The quantitative estimate of drug-likeness (QED) is 0.729. The van der Waals surface area contributed by atoms with Crippen LogP contribution in [0.3, 0.4) is 0 Å². The molecule has 1 aromatic heterocycles. The monoisotopic (exact) mass is 363 g/mol. The van der Waals surface area contributed by atoms with E-state index in [2.05, 4.69) is 15.5 Å². The van der Waals surface area contributed by atoms with Crippen molar-refractivity contribution < 1.29 is 14.3 Å². The first-order valence-corrected chi connectivity index (χ1v) is 8.98. The molecular weight excluding hydrogens is 342 g/mol. The summed E-state index contributed by atoms with van der Waals surface area (Å²) < 4.78 is 11.6. The maximum Gasteiger partial charge on any atom is 0.269 e. The highest BCUT2D eigenvalue weighted by Gasteiger charge is 2.20. The minimum Gasteiger partial charge on any atom is -0.486 e. The Morgan fingerprint density at radius 1 is 1.19 bits per heavy atom. The second-order valence-corrected chi connectivity index (χ2v) is 6.58. The molecule has 0 fully saturated rings. The molecule has 0 aliphatic carbocycles. The summed E-state index contributed by atoms with van der Waals surface area (Å²) >= 11 is 0. The molecule has 3 aromatic rings. The number of fused-ring (bicyclic) bond motifs is 1. The number of hydrogen-bond acceptors (Lipinski definition) is 4. The number of para-hydroxylation sites is 2. The Morgan fingerprint density at radius 3 is 2.78 bits per heavy atom. The highest BCUT2D eigenvalue weighted by molar-refractivity contribution is 5.93. The number of carbonyl (C=O) groups excluding carboxylic acids is 1. The number of H-pyrrole nitrogens is 1. The Labute approximate surface area is 157 Å². The van der Waals surface area contributed by atoms with E-state index in [0.717, 1.165) is 22.8 Å². The lowest BCUT2D eigenvalue weighted by Gasteiger charge is -2.26. The van der Waals surface area contributed by atoms with E-state index >= 15 is 0 Å². The van der Waals surface area contributed by atoms with Gasteiger partial charge in [0.1, 0.15) is 18.4 Å². The number of aryl methyl sites for hydroxylation is 1. The Bertz CT molecular complexity index is 934. The van der Waals surface area contributed by atoms with Crippen molar-refractivity contribution in [1.29, 1.82) is 0 Å². The number of aromatic amines is 1. The fourth-order valence-corrected chi connectivity index (χ4v) is 2.96. The Hall–Kier alpha value is -3.28. The maximum absolute atomic E-state index is 12.3. The molecule has 0 saturated carbocycles. The molecular formula is C21H21N3O3. The van der Waals surface area contributed by atoms with Gasteiger partial charge >= 0.3 is 0 Å². The fourth-order valence-electron chi connectivity index (χ4n) is 2.96. The van der Waals surface area contributed by atoms with Crippen molar-refractivity contribution in [2.24, 2.45) is 0 Å². The van der Waals surface area contributed by atoms with Crippen LogP contribution in [0.2, 0.25) is 0 Å². The molecule has 1 aliphatic rings. The first-order chi connectivity index (χ1) is 13.2. The lowest BCUT2D eigenvalue weighted by atomic mass is 10.1. The smallest absolute Gasteiger partial charge is 0.269 e. The van der Waals surface area contributed by atoms with Gasteiger partial charge in [-0.1, -0.05) is 42.0 Å². The van der Waals surface area contributed by atoms with E-state index < -0.39 is 0 Å². The van der Waals surface area contributed by atoms with Crippen molar-refractivity contribution in [3.05, 3.63) is 65.9 Å². The molecule has 2 aromatic carbocycles. The van der Waals surface area contributed by atoms with Crippen LogP contribution in [-0.4, -0.2) is 35.4 Å². The SMILES string of the molecule is Cc1ccc(-c2cc(C(=O)NCCC3COc4ccccc4O3)[nH]n2)cc1. The third-order valence-corrected chi connectivity index (χ3v) is 4.49. The van der Waals surface area contributed by atoms with Crippen molar-refractivity contribution >= 4 is 5.91 Å². The average Bonchev–Trinajstić information content (AvgIpc) is 3.19. The van der Waals surface area contributed by atoms with Crippen molar-refractivity contribution in [2.75, 3.05) is 13.2 Å². The lowest BCUT2D eigenvalue weighted by molar-refractivity contribution is 0.0811. The van der Waals surface area contributed by atoms with E-state index in [9.17, 15) is 4.79 Å². The van der Waals surface area contributed by atoms with E-state index in [1.165, 1.54) is 5.56 Å². The zero-order valence-electron chi connectivity index (χ0n) is 15.1. The third kappa shape index (κ3) is 3.95. The molecule has 4 rings (SSSR count). The topological polar surface area (TPSA) is 76.2 Å². The summed E-state index contributed by atoms with van der Waals surface area (Å²) in [6.45, 7) is 3.01. The van der Waals surface area contributed by atoms with Gasteiger partial charge in [0, 0.05) is 18.5 Å². The number of rotatable bonds is 5. The zero-order valence-corrected chi connectivity index (χ0v) is 15.1. The highest BCUT2D eigenvalue weighted by Crippen LogP contribution is 2.31. The molecule has 2 N–H and O–H groups in total. The molecule has 138 valence electrons. The van der Waals surface area contributed by atoms with Crippen LogP contribution in [0.1, 0.15) is 22.5 Å². The van der Waals surface area contributed by atoms with Gasteiger partial charge in [0.2, 0.25) is 0 Å². The maximum atomic E-state index is 12.3. The normalized spacial score (nSPS) is 15.4. The number of ether oxygens (including phenoxy) is 2. The highest BCUT2D eigenvalue weighted by atomic mass is 16.6. The van der Waals surface area contributed by atoms with E-state index in [1.54, 1.807) is 6.07 Å². The predicted molar refractivity (Wildman–Crippen MR) is 102 cm³/mol. The van der Waals surface area contributed by atoms with Crippen LogP contribution in [0, 0.1) is 6.92 Å². The van der Waals surface area contributed by atoms with E-state index in [4.69, 9.17) is 9.47 Å². The fraction of sp³-hybridized carbons (Fsp3) is 0.238. The van der Waals surface area contributed by atoms with Gasteiger partial charge in [0.15, 0.2) is 11.5 Å². The second kappa shape index (κ2) is 7.53. The average molecular weight is 363 g/mol. The number of amides is 1. The summed E-state index contributed by atoms with van der Waals surface area (Å²) in [6, 6.07) is 17.4. The van der Waals surface area contributed by atoms with Crippen molar-refractivity contribution in [1.82, 2.24) is 15.5 Å². The van der Waals surface area contributed by atoms with Crippen molar-refractivity contribution in [3.63, 3.8) is 0 Å². The van der Waals surface area contributed by atoms with E-state index in [0.29, 0.717) is 25.3 Å². The van der Waals surface area contributed by atoms with Gasteiger partial charge in [-0.05, 0) is 25.1 Å². The number of hydrogen-bond donors (Lipinski definition) is 2. The molecule has 0 saturated heterocycles. The summed E-state index contributed by atoms with van der Waals surface area (Å²) in [5, 5.41) is 9.93. The molecule has 2 heterocycles. The van der Waals surface area contributed by atoms with Gasteiger partial charge in [0.05, 0.1) is 5.69 Å². The van der Waals surface area contributed by atoms with Crippen LogP contribution in [0.4, 0.5) is 0 Å². The number of nitrogens with zero attached hydrogens (tertiary/aromatic N) is 1. The van der Waals surface area contributed by atoms with Gasteiger partial charge < -0.3 is 14.8 Å². The second-order valence-electron chi connectivity index (χ2n) is 6.58. The van der Waals surface area contributed by atoms with Gasteiger partial charge in [0.25, 0.3) is 5.91 Å². The van der Waals surface area contributed by atoms with Crippen LogP contribution in [0.5, 0.6) is 11.5 Å². The number of aromatic nitrogens is 2. The summed E-state index contributed by atoms with van der Waals surface area (Å²) in [4.78, 5) is 12.3. The Kier molecular flexibility index (Phi) is 4.78. The summed E-state index contributed by atoms with van der Waals surface area (Å²) in [5.41, 5.74) is 3.35. The van der Waals surface area contributed by atoms with E-state index in [1.807, 2.05) is 55.5 Å². The van der Waals surface area contributed by atoms with E-state index in [-0.39, 0.29) is 12.0 Å². The minimum absolute atomic E-state index is 0.0786. The van der Waals surface area contributed by atoms with Gasteiger partial charge in [-0.25, -0.2) is 0 Å². The largest absolute Gasteiger partial charge is 0.486 e. The molecule has 0 spiro atoms. The van der Waals surface area contributed by atoms with Crippen LogP contribution < -0.4 is 14.8 Å². The standard InChI is InChI=1S/C21H21N3O3/c1-14-6-8-15(9-7-14)17-12-18(24-23-17)21(25)22-11-10-16-13-26-19-4-2-3-5-20(19)27-16/h2-9,12,16H,10-11,13H2,1H3,(H,22,25)(H,23,24). The molecule has 0 bridgehead atoms. The van der Waals surface area contributed by atoms with Crippen molar-refractivity contribution in [2.45, 2.75) is 19.4 Å². The molecule has 0 radical (unpaired) electrons. The van der Waals surface area contributed by atoms with Gasteiger partial charge in [-0.15, -0.1) is 0 Å². The third-order valence-electron chi connectivity index (χ3n) is 4.49. The number of carbonyl (C=O) groups is 1. The molecule has 1 atom stereocenters. The van der Waals surface area contributed by atoms with Crippen LogP contribution >= 0.6 is 0 Å². The molecule has 6 nitrogen and oxygen atoms in total. The minimum atomic E-state index is -0.182. The van der Waals surface area contributed by atoms with Crippen molar-refractivity contribution in [3.8, 4) is 22.8 Å². The number of nitrogens with one attached hydrogen (secondary N) is 2. The number of benzene rings is 2. The first-order valence-electron chi connectivity index (χ1n) is 8.98. The molecule has 1 aliphatic heterocycles. The molecule has 6 heteroatoms. The summed E-state index contributed by atoms with van der Waals surface area (Å²) in [5.74, 6) is 1.33.